The molecular formula is C15H14N4O2S. The maximum Gasteiger partial charge on any atom is 0.264 e. The van der Waals surface area contributed by atoms with Gasteiger partial charge in [0.15, 0.2) is 0 Å². The van der Waals surface area contributed by atoms with Crippen molar-refractivity contribution in [2.24, 2.45) is 12.0 Å². The Hall–Kier alpha value is -2.67. The molecule has 0 amide bonds. The first-order chi connectivity index (χ1) is 10.5. The quantitative estimate of drug-likeness (QED) is 0.692. The van der Waals surface area contributed by atoms with Crippen LogP contribution in [0.4, 0.5) is 0 Å². The lowest BCUT2D eigenvalue weighted by molar-refractivity contribution is 0.478. The van der Waals surface area contributed by atoms with E-state index in [9.17, 15) is 9.90 Å². The van der Waals surface area contributed by atoms with E-state index >= 15 is 0 Å². The van der Waals surface area contributed by atoms with Crippen LogP contribution < -0.4 is 16.4 Å². The Bertz CT molecular complexity index is 912. The summed E-state index contributed by atoms with van der Waals surface area (Å²) in [6.07, 6.45) is 1.66. The van der Waals surface area contributed by atoms with Crippen LogP contribution in [0.25, 0.3) is 10.9 Å². The highest BCUT2D eigenvalue weighted by Crippen LogP contribution is 2.26. The second-order valence-corrected chi connectivity index (χ2v) is 5.37. The molecule has 22 heavy (non-hydrogen) atoms. The van der Waals surface area contributed by atoms with Crippen LogP contribution >= 0.6 is 12.2 Å². The van der Waals surface area contributed by atoms with Gasteiger partial charge in [0, 0.05) is 18.1 Å². The molecular weight excluding hydrogens is 300 g/mol. The minimum absolute atomic E-state index is 0.0915. The summed E-state index contributed by atoms with van der Waals surface area (Å²) in [7, 11) is 1.66. The molecule has 1 aliphatic rings. The number of aryl methyl sites for hydroxylation is 1. The minimum Gasteiger partial charge on any atom is -0.506 e. The van der Waals surface area contributed by atoms with Crippen LogP contribution in [0, 0.1) is 0 Å². The number of para-hydroxylation sites is 1. The summed E-state index contributed by atoms with van der Waals surface area (Å²) in [5.74, 6) is -0.0915. The predicted octanol–water partition coefficient (Wildman–Crippen LogP) is 1.33. The predicted molar refractivity (Wildman–Crippen MR) is 90.0 cm³/mol. The Labute approximate surface area is 131 Å². The number of nitrogens with zero attached hydrogens (tertiary/aromatic N) is 2. The van der Waals surface area contributed by atoms with Gasteiger partial charge in [-0.1, -0.05) is 12.1 Å². The fraction of sp³-hybridized carbons (Fsp3) is 0.133. The van der Waals surface area contributed by atoms with Crippen molar-refractivity contribution in [1.29, 1.82) is 0 Å². The maximum atomic E-state index is 12.6. The zero-order valence-electron chi connectivity index (χ0n) is 12.0. The molecule has 0 saturated heterocycles. The van der Waals surface area contributed by atoms with E-state index < -0.39 is 0 Å². The average molecular weight is 314 g/mol. The molecule has 1 aliphatic heterocycles. The van der Waals surface area contributed by atoms with E-state index in [0.717, 1.165) is 5.70 Å². The standard InChI is InChI=1S/C15H14N4O2S/c1-8-7-10(16-15(22)18-17-8)12-13(20)9-5-3-4-6-11(9)19(2)14(12)21/h3-7,17,20H,1-2H3,(H,18,22). The highest BCUT2D eigenvalue weighted by atomic mass is 32.1. The molecule has 0 aliphatic carbocycles. The molecule has 2 heterocycles. The lowest BCUT2D eigenvalue weighted by atomic mass is 10.1. The van der Waals surface area contributed by atoms with E-state index in [4.69, 9.17) is 12.2 Å². The Morgan fingerprint density at radius 3 is 2.77 bits per heavy atom. The molecule has 112 valence electrons. The van der Waals surface area contributed by atoms with Crippen molar-refractivity contribution >= 4 is 33.9 Å². The van der Waals surface area contributed by atoms with Crippen LogP contribution in [0.5, 0.6) is 5.75 Å². The van der Waals surface area contributed by atoms with Crippen molar-refractivity contribution < 1.29 is 5.11 Å². The number of hydrogen-bond donors (Lipinski definition) is 3. The first kappa shape index (κ1) is 14.3. The summed E-state index contributed by atoms with van der Waals surface area (Å²) in [6.45, 7) is 1.80. The largest absolute Gasteiger partial charge is 0.506 e. The van der Waals surface area contributed by atoms with Gasteiger partial charge in [-0.15, -0.1) is 0 Å². The average Bonchev–Trinajstić information content (AvgIpc) is 2.66. The monoisotopic (exact) mass is 314 g/mol. The van der Waals surface area contributed by atoms with E-state index in [1.807, 2.05) is 6.07 Å². The number of nitrogens with one attached hydrogen (secondary N) is 2. The van der Waals surface area contributed by atoms with Gasteiger partial charge in [-0.2, -0.15) is 0 Å². The van der Waals surface area contributed by atoms with E-state index in [-0.39, 0.29) is 22.0 Å². The lowest BCUT2D eigenvalue weighted by Crippen LogP contribution is -2.32. The van der Waals surface area contributed by atoms with E-state index in [2.05, 4.69) is 15.8 Å². The van der Waals surface area contributed by atoms with Gasteiger partial charge in [-0.05, 0) is 37.4 Å². The van der Waals surface area contributed by atoms with Crippen molar-refractivity contribution in [1.82, 2.24) is 15.4 Å². The van der Waals surface area contributed by atoms with Crippen molar-refractivity contribution in [2.75, 3.05) is 0 Å². The number of aromatic nitrogens is 1. The highest BCUT2D eigenvalue weighted by molar-refractivity contribution is 7.80. The van der Waals surface area contributed by atoms with Gasteiger partial charge >= 0.3 is 0 Å². The maximum absolute atomic E-state index is 12.6. The SMILES string of the molecule is CC1=CC(c2c(O)c3ccccc3n(C)c2=O)=NC(=S)NN1. The molecule has 0 unspecified atom stereocenters. The van der Waals surface area contributed by atoms with Gasteiger partial charge in [-0.3, -0.25) is 10.2 Å². The zero-order valence-corrected chi connectivity index (χ0v) is 12.9. The van der Waals surface area contributed by atoms with Crippen LogP contribution in [-0.4, -0.2) is 20.5 Å². The van der Waals surface area contributed by atoms with Gasteiger partial charge < -0.3 is 15.1 Å². The molecule has 0 spiro atoms. The second kappa shape index (κ2) is 5.27. The van der Waals surface area contributed by atoms with E-state index in [0.29, 0.717) is 16.6 Å². The molecule has 1 aromatic heterocycles. The van der Waals surface area contributed by atoms with Crippen LogP contribution in [-0.2, 0) is 7.05 Å². The number of hydrazine groups is 1. The van der Waals surface area contributed by atoms with Crippen LogP contribution in [0.15, 0.2) is 45.8 Å². The normalized spacial score (nSPS) is 14.7. The van der Waals surface area contributed by atoms with E-state index in [1.165, 1.54) is 4.57 Å². The van der Waals surface area contributed by atoms with Crippen molar-refractivity contribution in [2.45, 2.75) is 6.92 Å². The van der Waals surface area contributed by atoms with Crippen molar-refractivity contribution in [3.63, 3.8) is 0 Å². The van der Waals surface area contributed by atoms with Crippen LogP contribution in [0.1, 0.15) is 12.5 Å². The number of allylic oxidation sites excluding steroid dienone is 2. The highest BCUT2D eigenvalue weighted by Gasteiger charge is 2.19. The summed E-state index contributed by atoms with van der Waals surface area (Å²) in [5.41, 5.74) is 7.08. The van der Waals surface area contributed by atoms with Crippen LogP contribution in [0.2, 0.25) is 0 Å². The summed E-state index contributed by atoms with van der Waals surface area (Å²) in [4.78, 5) is 16.8. The smallest absolute Gasteiger partial charge is 0.264 e. The van der Waals surface area contributed by atoms with Gasteiger partial charge in [0.05, 0.1) is 11.2 Å². The topological polar surface area (TPSA) is 78.7 Å². The number of hydrogen-bond acceptors (Lipinski definition) is 4. The molecule has 0 bridgehead atoms. The van der Waals surface area contributed by atoms with Gasteiger partial charge in [-0.25, -0.2) is 4.99 Å². The fourth-order valence-corrected chi connectivity index (χ4v) is 2.55. The van der Waals surface area contributed by atoms with Gasteiger partial charge in [0.25, 0.3) is 5.56 Å². The number of aliphatic imine (C=N–C) groups is 1. The zero-order chi connectivity index (χ0) is 15.9. The molecule has 3 rings (SSSR count). The summed E-state index contributed by atoms with van der Waals surface area (Å²) in [5, 5.41) is 11.3. The third kappa shape index (κ3) is 2.25. The number of fused-ring (bicyclic) bond motifs is 1. The molecule has 2 aromatic rings. The molecule has 0 radical (unpaired) electrons. The number of rotatable bonds is 1. The van der Waals surface area contributed by atoms with Crippen molar-refractivity contribution in [3.8, 4) is 5.75 Å². The lowest BCUT2D eigenvalue weighted by Gasteiger charge is -2.11. The number of thiocarbonyl (C=S) groups is 1. The fourth-order valence-electron chi connectivity index (χ4n) is 2.40. The Morgan fingerprint density at radius 2 is 2.00 bits per heavy atom. The molecule has 3 N–H and O–H groups in total. The third-order valence-corrected chi connectivity index (χ3v) is 3.67. The minimum atomic E-state index is -0.330. The summed E-state index contributed by atoms with van der Waals surface area (Å²) in [6, 6.07) is 7.16. The molecule has 0 saturated carbocycles. The molecule has 6 nitrogen and oxygen atoms in total. The first-order valence-corrected chi connectivity index (χ1v) is 7.04. The van der Waals surface area contributed by atoms with Crippen molar-refractivity contribution in [3.05, 3.63) is 52.0 Å². The number of pyridine rings is 1. The van der Waals surface area contributed by atoms with E-state index in [1.54, 1.807) is 38.2 Å². The third-order valence-electron chi connectivity index (χ3n) is 3.47. The summed E-state index contributed by atoms with van der Waals surface area (Å²) < 4.78 is 1.49. The Kier molecular flexibility index (Phi) is 3.42. The summed E-state index contributed by atoms with van der Waals surface area (Å²) >= 11 is 5.05. The molecule has 0 fully saturated rings. The number of aromatic hydroxyl groups is 1. The molecule has 7 heteroatoms. The van der Waals surface area contributed by atoms with Gasteiger partial charge in [0.2, 0.25) is 5.11 Å². The second-order valence-electron chi connectivity index (χ2n) is 4.98. The van der Waals surface area contributed by atoms with Gasteiger partial charge in [0.1, 0.15) is 11.3 Å². The number of benzene rings is 1. The van der Waals surface area contributed by atoms with Crippen LogP contribution in [0.3, 0.4) is 0 Å². The molecule has 0 atom stereocenters. The molecule has 1 aromatic carbocycles. The Balaban J connectivity index is 2.38. The first-order valence-electron chi connectivity index (χ1n) is 6.63. The Morgan fingerprint density at radius 1 is 1.27 bits per heavy atom.